The molecule has 0 aliphatic heterocycles. The molecule has 1 aromatic rings. The summed E-state index contributed by atoms with van der Waals surface area (Å²) in [4.78, 5) is 0. The second-order valence-corrected chi connectivity index (χ2v) is 5.75. The molecular formula is C13H20BrNO. The van der Waals surface area contributed by atoms with E-state index in [0.29, 0.717) is 0 Å². The fourth-order valence-corrected chi connectivity index (χ4v) is 2.04. The minimum absolute atomic E-state index is 0.184. The number of halogens is 1. The van der Waals surface area contributed by atoms with Crippen molar-refractivity contribution in [3.63, 3.8) is 0 Å². The average Bonchev–Trinajstić information content (AvgIpc) is 2.16. The van der Waals surface area contributed by atoms with Gasteiger partial charge < -0.3 is 10.1 Å². The second-order valence-electron chi connectivity index (χ2n) is 4.90. The minimum Gasteiger partial charge on any atom is -0.496 e. The van der Waals surface area contributed by atoms with Crippen LogP contribution in [0.1, 0.15) is 26.3 Å². The van der Waals surface area contributed by atoms with Gasteiger partial charge in [0.15, 0.2) is 0 Å². The molecule has 3 heteroatoms. The average molecular weight is 286 g/mol. The number of ether oxygens (including phenoxy) is 1. The van der Waals surface area contributed by atoms with Gasteiger partial charge in [-0.2, -0.15) is 0 Å². The van der Waals surface area contributed by atoms with E-state index in [0.717, 1.165) is 23.2 Å². The van der Waals surface area contributed by atoms with Gasteiger partial charge in [0.1, 0.15) is 5.75 Å². The molecule has 0 unspecified atom stereocenters. The highest BCUT2D eigenvalue weighted by atomic mass is 79.9. The van der Waals surface area contributed by atoms with E-state index in [4.69, 9.17) is 4.74 Å². The fourth-order valence-electron chi connectivity index (χ4n) is 1.45. The highest BCUT2D eigenvalue weighted by Gasteiger charge is 2.08. The predicted molar refractivity (Wildman–Crippen MR) is 72.2 cm³/mol. The Balaban J connectivity index is 2.52. The van der Waals surface area contributed by atoms with Gasteiger partial charge in [-0.3, -0.25) is 0 Å². The zero-order valence-electron chi connectivity index (χ0n) is 10.4. The molecule has 1 N–H and O–H groups in total. The zero-order chi connectivity index (χ0) is 12.2. The molecule has 16 heavy (non-hydrogen) atoms. The van der Waals surface area contributed by atoms with Crippen LogP contribution < -0.4 is 10.1 Å². The molecule has 0 atom stereocenters. The summed E-state index contributed by atoms with van der Waals surface area (Å²) in [6.45, 7) is 7.52. The van der Waals surface area contributed by atoms with Gasteiger partial charge in [-0.15, -0.1) is 0 Å². The molecule has 1 rings (SSSR count). The lowest BCUT2D eigenvalue weighted by Crippen LogP contribution is -2.37. The van der Waals surface area contributed by atoms with Crippen molar-refractivity contribution in [3.8, 4) is 5.75 Å². The van der Waals surface area contributed by atoms with Crippen LogP contribution in [-0.2, 0) is 6.42 Å². The maximum Gasteiger partial charge on any atom is 0.133 e. The van der Waals surface area contributed by atoms with Crippen LogP contribution in [0, 0.1) is 0 Å². The Bertz CT molecular complexity index is 344. The van der Waals surface area contributed by atoms with Crippen molar-refractivity contribution >= 4 is 15.9 Å². The smallest absolute Gasteiger partial charge is 0.133 e. The summed E-state index contributed by atoms with van der Waals surface area (Å²) in [6.07, 6.45) is 1.03. The highest BCUT2D eigenvalue weighted by Crippen LogP contribution is 2.25. The summed E-state index contributed by atoms with van der Waals surface area (Å²) < 4.78 is 6.21. The largest absolute Gasteiger partial charge is 0.496 e. The molecule has 0 aliphatic carbocycles. The molecule has 0 spiro atoms. The lowest BCUT2D eigenvalue weighted by atomic mass is 10.1. The number of hydrogen-bond acceptors (Lipinski definition) is 2. The number of rotatable bonds is 4. The number of hydrogen-bond donors (Lipinski definition) is 1. The summed E-state index contributed by atoms with van der Waals surface area (Å²) in [6, 6.07) is 6.22. The molecular weight excluding hydrogens is 266 g/mol. The molecule has 2 nitrogen and oxygen atoms in total. The highest BCUT2D eigenvalue weighted by molar-refractivity contribution is 9.10. The van der Waals surface area contributed by atoms with Crippen molar-refractivity contribution in [1.29, 1.82) is 0 Å². The molecule has 0 fully saturated rings. The molecule has 0 aromatic heterocycles. The molecule has 90 valence electrons. The van der Waals surface area contributed by atoms with Crippen molar-refractivity contribution in [2.45, 2.75) is 32.7 Å². The van der Waals surface area contributed by atoms with Gasteiger partial charge in [-0.25, -0.2) is 0 Å². The third-order valence-electron chi connectivity index (χ3n) is 2.29. The van der Waals surface area contributed by atoms with Crippen molar-refractivity contribution in [3.05, 3.63) is 28.2 Å². The Morgan fingerprint density at radius 2 is 2.00 bits per heavy atom. The first kappa shape index (κ1) is 13.5. The van der Waals surface area contributed by atoms with Crippen LogP contribution in [0.3, 0.4) is 0 Å². The first-order valence-corrected chi connectivity index (χ1v) is 6.29. The monoisotopic (exact) mass is 285 g/mol. The van der Waals surface area contributed by atoms with Crippen LogP contribution in [0.5, 0.6) is 5.75 Å². The molecule has 0 heterocycles. The lowest BCUT2D eigenvalue weighted by Gasteiger charge is -2.20. The van der Waals surface area contributed by atoms with E-state index in [2.05, 4.69) is 54.2 Å². The van der Waals surface area contributed by atoms with Crippen LogP contribution >= 0.6 is 15.9 Å². The Kier molecular flexibility index (Phi) is 4.81. The van der Waals surface area contributed by atoms with Crippen molar-refractivity contribution in [1.82, 2.24) is 5.32 Å². The van der Waals surface area contributed by atoms with Crippen LogP contribution in [0.25, 0.3) is 0 Å². The number of nitrogens with one attached hydrogen (secondary N) is 1. The van der Waals surface area contributed by atoms with E-state index in [1.54, 1.807) is 7.11 Å². The van der Waals surface area contributed by atoms with Gasteiger partial charge in [-0.1, -0.05) is 6.07 Å². The van der Waals surface area contributed by atoms with E-state index in [1.807, 2.05) is 6.07 Å². The van der Waals surface area contributed by atoms with E-state index in [1.165, 1.54) is 5.56 Å². The van der Waals surface area contributed by atoms with E-state index >= 15 is 0 Å². The molecule has 0 saturated heterocycles. The van der Waals surface area contributed by atoms with Gasteiger partial charge in [0.2, 0.25) is 0 Å². The third kappa shape index (κ3) is 4.54. The maximum atomic E-state index is 5.20. The van der Waals surface area contributed by atoms with Gasteiger partial charge >= 0.3 is 0 Å². The molecule has 0 aliphatic rings. The van der Waals surface area contributed by atoms with Crippen molar-refractivity contribution in [2.24, 2.45) is 0 Å². The summed E-state index contributed by atoms with van der Waals surface area (Å²) in [7, 11) is 1.68. The normalized spacial score (nSPS) is 11.6. The molecule has 0 bridgehead atoms. The Hall–Kier alpha value is -0.540. The van der Waals surface area contributed by atoms with Gasteiger partial charge in [0.25, 0.3) is 0 Å². The predicted octanol–water partition coefficient (Wildman–Crippen LogP) is 3.39. The van der Waals surface area contributed by atoms with E-state index in [9.17, 15) is 0 Å². The second kappa shape index (κ2) is 5.69. The summed E-state index contributed by atoms with van der Waals surface area (Å²) in [5.74, 6) is 0.882. The van der Waals surface area contributed by atoms with E-state index in [-0.39, 0.29) is 5.54 Å². The zero-order valence-corrected chi connectivity index (χ0v) is 12.0. The van der Waals surface area contributed by atoms with Crippen LogP contribution in [0.4, 0.5) is 0 Å². The third-order valence-corrected chi connectivity index (χ3v) is 2.90. The standard InChI is InChI=1S/C13H20BrNO/c1-13(2,3)15-8-7-10-5-6-12(16-4)11(14)9-10/h5-6,9,15H,7-8H2,1-4H3. The summed E-state index contributed by atoms with van der Waals surface area (Å²) >= 11 is 3.49. The van der Waals surface area contributed by atoms with E-state index < -0.39 is 0 Å². The Labute approximate surface area is 107 Å². The Morgan fingerprint density at radius 1 is 1.31 bits per heavy atom. The molecule has 0 amide bonds. The van der Waals surface area contributed by atoms with Crippen molar-refractivity contribution < 1.29 is 4.74 Å². The maximum absolute atomic E-state index is 5.20. The van der Waals surface area contributed by atoms with Crippen LogP contribution in [0.2, 0.25) is 0 Å². The molecule has 0 saturated carbocycles. The van der Waals surface area contributed by atoms with Crippen LogP contribution in [0.15, 0.2) is 22.7 Å². The summed E-state index contributed by atoms with van der Waals surface area (Å²) in [5.41, 5.74) is 1.49. The first-order chi connectivity index (χ1) is 7.42. The van der Waals surface area contributed by atoms with Crippen molar-refractivity contribution in [2.75, 3.05) is 13.7 Å². The SMILES string of the molecule is COc1ccc(CCNC(C)(C)C)cc1Br. The molecule has 1 aromatic carbocycles. The van der Waals surface area contributed by atoms with Crippen LogP contribution in [-0.4, -0.2) is 19.2 Å². The number of methoxy groups -OCH3 is 1. The summed E-state index contributed by atoms with van der Waals surface area (Å²) in [5, 5.41) is 3.47. The molecule has 0 radical (unpaired) electrons. The lowest BCUT2D eigenvalue weighted by molar-refractivity contribution is 0.411. The fraction of sp³-hybridized carbons (Fsp3) is 0.538. The van der Waals surface area contributed by atoms with Gasteiger partial charge in [-0.05, 0) is 67.4 Å². The van der Waals surface area contributed by atoms with Gasteiger partial charge in [0, 0.05) is 5.54 Å². The van der Waals surface area contributed by atoms with Gasteiger partial charge in [0.05, 0.1) is 11.6 Å². The first-order valence-electron chi connectivity index (χ1n) is 5.50. The number of benzene rings is 1. The Morgan fingerprint density at radius 3 is 2.50 bits per heavy atom. The topological polar surface area (TPSA) is 21.3 Å². The quantitative estimate of drug-likeness (QED) is 0.916. The minimum atomic E-state index is 0.184.